The fraction of sp³-hybridized carbons (Fsp3) is 0.625. The molecule has 0 aromatic rings. The molecule has 54 valence electrons. The highest BCUT2D eigenvalue weighted by atomic mass is 15.2. The Morgan fingerprint density at radius 2 is 2.10 bits per heavy atom. The van der Waals surface area contributed by atoms with Crippen LogP contribution in [0.5, 0.6) is 0 Å². The van der Waals surface area contributed by atoms with Crippen molar-refractivity contribution in [1.29, 1.82) is 0 Å². The zero-order valence-electron chi connectivity index (χ0n) is 6.08. The monoisotopic (exact) mass is 136 g/mol. The molecular formula is C8H12N2. The van der Waals surface area contributed by atoms with E-state index in [9.17, 15) is 0 Å². The van der Waals surface area contributed by atoms with Crippen molar-refractivity contribution in [2.45, 2.75) is 12.8 Å². The summed E-state index contributed by atoms with van der Waals surface area (Å²) >= 11 is 0. The van der Waals surface area contributed by atoms with Gasteiger partial charge in [-0.25, -0.2) is 0 Å². The second kappa shape index (κ2) is 2.45. The molecule has 2 aliphatic heterocycles. The number of nitrogens with zero attached hydrogens (tertiary/aromatic N) is 2. The van der Waals surface area contributed by atoms with Gasteiger partial charge in [0.1, 0.15) is 5.84 Å². The number of amidine groups is 1. The number of hydrogen-bond donors (Lipinski definition) is 0. The number of aliphatic imine (C=N–C) groups is 1. The Labute approximate surface area is 61.2 Å². The molecule has 0 atom stereocenters. The number of rotatable bonds is 0. The van der Waals surface area contributed by atoms with Crippen LogP contribution in [0.4, 0.5) is 0 Å². The van der Waals surface area contributed by atoms with Gasteiger partial charge in [-0.3, -0.25) is 4.99 Å². The molecule has 1 saturated heterocycles. The third-order valence-corrected chi connectivity index (χ3v) is 2.06. The van der Waals surface area contributed by atoms with E-state index in [0.29, 0.717) is 0 Å². The summed E-state index contributed by atoms with van der Waals surface area (Å²) in [6.45, 7) is 3.32. The fourth-order valence-corrected chi connectivity index (χ4v) is 1.51. The van der Waals surface area contributed by atoms with E-state index in [1.807, 2.05) is 0 Å². The van der Waals surface area contributed by atoms with Crippen LogP contribution in [0.25, 0.3) is 0 Å². The summed E-state index contributed by atoms with van der Waals surface area (Å²) in [6, 6.07) is 0. The summed E-state index contributed by atoms with van der Waals surface area (Å²) in [5.41, 5.74) is 0. The maximum Gasteiger partial charge on any atom is 0.123 e. The van der Waals surface area contributed by atoms with Crippen molar-refractivity contribution in [1.82, 2.24) is 4.90 Å². The molecule has 0 aromatic heterocycles. The van der Waals surface area contributed by atoms with Gasteiger partial charge in [-0.1, -0.05) is 6.08 Å². The second-order valence-corrected chi connectivity index (χ2v) is 2.80. The maximum atomic E-state index is 4.35. The highest BCUT2D eigenvalue weighted by molar-refractivity contribution is 5.94. The summed E-state index contributed by atoms with van der Waals surface area (Å²) in [7, 11) is 0. The molecule has 0 aromatic carbocycles. The molecule has 2 heterocycles. The largest absolute Gasteiger partial charge is 0.357 e. The van der Waals surface area contributed by atoms with Crippen LogP contribution in [-0.4, -0.2) is 30.4 Å². The topological polar surface area (TPSA) is 15.6 Å². The molecule has 0 saturated carbocycles. The van der Waals surface area contributed by atoms with Gasteiger partial charge < -0.3 is 4.90 Å². The molecule has 0 aliphatic carbocycles. The van der Waals surface area contributed by atoms with Crippen LogP contribution in [-0.2, 0) is 0 Å². The first-order valence-corrected chi connectivity index (χ1v) is 3.93. The molecule has 2 rings (SSSR count). The minimum atomic E-state index is 0.895. The van der Waals surface area contributed by atoms with Crippen molar-refractivity contribution < 1.29 is 0 Å². The van der Waals surface area contributed by atoms with Gasteiger partial charge in [0, 0.05) is 13.1 Å². The Morgan fingerprint density at radius 3 is 2.70 bits per heavy atom. The third kappa shape index (κ3) is 0.939. The van der Waals surface area contributed by atoms with Crippen molar-refractivity contribution in [2.75, 3.05) is 19.6 Å². The summed E-state index contributed by atoms with van der Waals surface area (Å²) in [6.07, 6.45) is 6.93. The van der Waals surface area contributed by atoms with E-state index in [-0.39, 0.29) is 0 Å². The van der Waals surface area contributed by atoms with E-state index in [4.69, 9.17) is 0 Å². The lowest BCUT2D eigenvalue weighted by molar-refractivity contribution is 0.522. The first-order valence-electron chi connectivity index (χ1n) is 3.93. The second-order valence-electron chi connectivity index (χ2n) is 2.80. The Bertz CT molecular complexity index is 176. The van der Waals surface area contributed by atoms with Crippen LogP contribution in [0.2, 0.25) is 0 Å². The zero-order valence-corrected chi connectivity index (χ0v) is 6.08. The molecule has 0 spiro atoms. The molecule has 0 N–H and O–H groups in total. The lowest BCUT2D eigenvalue weighted by Gasteiger charge is -2.14. The summed E-state index contributed by atoms with van der Waals surface area (Å²) in [5.74, 6) is 1.21. The van der Waals surface area contributed by atoms with Gasteiger partial charge >= 0.3 is 0 Å². The summed E-state index contributed by atoms with van der Waals surface area (Å²) in [4.78, 5) is 6.71. The van der Waals surface area contributed by atoms with Crippen molar-refractivity contribution in [3.05, 3.63) is 12.2 Å². The van der Waals surface area contributed by atoms with Gasteiger partial charge in [-0.2, -0.15) is 0 Å². The van der Waals surface area contributed by atoms with Crippen LogP contribution in [0.3, 0.4) is 0 Å². The fourth-order valence-electron chi connectivity index (χ4n) is 1.51. The molecule has 2 aliphatic rings. The summed E-state index contributed by atoms with van der Waals surface area (Å²) < 4.78 is 0. The van der Waals surface area contributed by atoms with Gasteiger partial charge in [0.25, 0.3) is 0 Å². The highest BCUT2D eigenvalue weighted by Gasteiger charge is 2.14. The third-order valence-electron chi connectivity index (χ3n) is 2.06. The summed E-state index contributed by atoms with van der Waals surface area (Å²) in [5, 5.41) is 0. The van der Waals surface area contributed by atoms with Gasteiger partial charge in [0.2, 0.25) is 0 Å². The Balaban J connectivity index is 2.03. The zero-order chi connectivity index (χ0) is 6.81. The number of hydrogen-bond acceptors (Lipinski definition) is 2. The van der Waals surface area contributed by atoms with Crippen LogP contribution in [0.15, 0.2) is 17.1 Å². The molecule has 2 heteroatoms. The van der Waals surface area contributed by atoms with Crippen LogP contribution >= 0.6 is 0 Å². The highest BCUT2D eigenvalue weighted by Crippen LogP contribution is 2.10. The normalized spacial score (nSPS) is 24.0. The minimum absolute atomic E-state index is 0.895. The minimum Gasteiger partial charge on any atom is -0.357 e. The van der Waals surface area contributed by atoms with Gasteiger partial charge in [0.05, 0.1) is 6.54 Å². The van der Waals surface area contributed by atoms with E-state index in [1.54, 1.807) is 0 Å². The molecule has 10 heavy (non-hydrogen) atoms. The van der Waals surface area contributed by atoms with Crippen molar-refractivity contribution >= 4 is 5.84 Å². The predicted octanol–water partition coefficient (Wildman–Crippen LogP) is 1.05. The first-order chi connectivity index (χ1) is 4.97. The van der Waals surface area contributed by atoms with Crippen molar-refractivity contribution in [3.63, 3.8) is 0 Å². The molecule has 1 fully saturated rings. The van der Waals surface area contributed by atoms with E-state index < -0.39 is 0 Å². The maximum absolute atomic E-state index is 4.35. The molecule has 0 unspecified atom stereocenters. The molecular weight excluding hydrogens is 124 g/mol. The smallest absolute Gasteiger partial charge is 0.123 e. The van der Waals surface area contributed by atoms with E-state index in [1.165, 1.54) is 31.8 Å². The van der Waals surface area contributed by atoms with Crippen molar-refractivity contribution in [2.24, 2.45) is 4.99 Å². The van der Waals surface area contributed by atoms with E-state index in [2.05, 4.69) is 22.0 Å². The molecule has 0 bridgehead atoms. The molecule has 0 amide bonds. The van der Waals surface area contributed by atoms with Gasteiger partial charge in [-0.15, -0.1) is 0 Å². The van der Waals surface area contributed by atoms with Crippen LogP contribution in [0.1, 0.15) is 12.8 Å². The van der Waals surface area contributed by atoms with E-state index in [0.717, 1.165) is 6.54 Å². The SMILES string of the molecule is C1=CC(N2CCCC2)=NC1. The van der Waals surface area contributed by atoms with Crippen LogP contribution in [0, 0.1) is 0 Å². The number of likely N-dealkylation sites (tertiary alicyclic amines) is 1. The van der Waals surface area contributed by atoms with Crippen molar-refractivity contribution in [3.8, 4) is 0 Å². The Kier molecular flexibility index (Phi) is 1.46. The quantitative estimate of drug-likeness (QED) is 0.486. The first kappa shape index (κ1) is 5.96. The van der Waals surface area contributed by atoms with E-state index >= 15 is 0 Å². The lowest BCUT2D eigenvalue weighted by Crippen LogP contribution is -2.24. The standard InChI is InChI=1S/C8H12N2/c1-2-7-10(6-1)8-4-3-5-9-8/h3-4H,1-2,5-7H2. The predicted molar refractivity (Wildman–Crippen MR) is 42.2 cm³/mol. The van der Waals surface area contributed by atoms with Gasteiger partial charge in [0.15, 0.2) is 0 Å². The molecule has 2 nitrogen and oxygen atoms in total. The average Bonchev–Trinajstić information content (AvgIpc) is 2.59. The lowest BCUT2D eigenvalue weighted by atomic mass is 10.4. The Hall–Kier alpha value is -0.790. The van der Waals surface area contributed by atoms with Gasteiger partial charge in [-0.05, 0) is 18.9 Å². The molecule has 0 radical (unpaired) electrons. The van der Waals surface area contributed by atoms with Crippen LogP contribution < -0.4 is 0 Å². The Morgan fingerprint density at radius 1 is 1.30 bits per heavy atom. The average molecular weight is 136 g/mol.